The monoisotopic (exact) mass is 281 g/mol. The second-order valence-electron chi connectivity index (χ2n) is 6.39. The van der Waals surface area contributed by atoms with E-state index in [1.165, 1.54) is 64.5 Å². The third-order valence-corrected chi connectivity index (χ3v) is 4.96. The number of nitrogens with one attached hydrogen (secondary N) is 2. The average molecular weight is 281 g/mol. The van der Waals surface area contributed by atoms with Crippen LogP contribution in [0, 0.1) is 0 Å². The summed E-state index contributed by atoms with van der Waals surface area (Å²) in [5.74, 6) is 0.147. The van der Waals surface area contributed by atoms with Gasteiger partial charge in [-0.2, -0.15) is 0 Å². The Morgan fingerprint density at radius 3 is 2.35 bits per heavy atom. The molecule has 2 fully saturated rings. The van der Waals surface area contributed by atoms with Crippen LogP contribution in [0.25, 0.3) is 0 Å². The van der Waals surface area contributed by atoms with E-state index in [0.717, 1.165) is 13.1 Å². The maximum atomic E-state index is 11.9. The fourth-order valence-corrected chi connectivity index (χ4v) is 3.75. The highest BCUT2D eigenvalue weighted by atomic mass is 16.1. The summed E-state index contributed by atoms with van der Waals surface area (Å²) in [4.78, 5) is 14.6. The summed E-state index contributed by atoms with van der Waals surface area (Å²) in [6.45, 7) is 6.63. The van der Waals surface area contributed by atoms with Crippen molar-refractivity contribution in [1.29, 1.82) is 0 Å². The zero-order chi connectivity index (χ0) is 14.3. The number of nitrogens with zero attached hydrogens (tertiary/aromatic N) is 1. The number of rotatable bonds is 6. The van der Waals surface area contributed by atoms with Gasteiger partial charge in [0.15, 0.2) is 0 Å². The van der Waals surface area contributed by atoms with Crippen LogP contribution in [0.15, 0.2) is 0 Å². The van der Waals surface area contributed by atoms with Crippen LogP contribution in [0.1, 0.15) is 58.3 Å². The minimum atomic E-state index is 0.147. The first kappa shape index (κ1) is 15.8. The summed E-state index contributed by atoms with van der Waals surface area (Å²) in [6.07, 6.45) is 10.5. The van der Waals surface area contributed by atoms with E-state index in [1.807, 2.05) is 6.92 Å². The van der Waals surface area contributed by atoms with Crippen LogP contribution in [-0.2, 0) is 4.79 Å². The van der Waals surface area contributed by atoms with E-state index in [0.29, 0.717) is 6.54 Å². The molecule has 116 valence electrons. The summed E-state index contributed by atoms with van der Waals surface area (Å²) in [6, 6.07) is 0. The highest BCUT2D eigenvalue weighted by Crippen LogP contribution is 2.35. The van der Waals surface area contributed by atoms with Crippen molar-refractivity contribution in [3.05, 3.63) is 0 Å². The molecule has 1 saturated heterocycles. The first-order valence-electron chi connectivity index (χ1n) is 8.49. The van der Waals surface area contributed by atoms with Gasteiger partial charge in [-0.05, 0) is 45.3 Å². The number of carbonyl (C=O) groups is 1. The van der Waals surface area contributed by atoms with Crippen LogP contribution in [0.3, 0.4) is 0 Å². The van der Waals surface area contributed by atoms with Crippen LogP contribution < -0.4 is 10.6 Å². The molecule has 0 aromatic rings. The van der Waals surface area contributed by atoms with Gasteiger partial charge in [0.05, 0.1) is 6.54 Å². The van der Waals surface area contributed by atoms with Gasteiger partial charge < -0.3 is 10.6 Å². The molecule has 4 nitrogen and oxygen atoms in total. The van der Waals surface area contributed by atoms with E-state index >= 15 is 0 Å². The lowest BCUT2D eigenvalue weighted by molar-refractivity contribution is -0.121. The van der Waals surface area contributed by atoms with E-state index in [9.17, 15) is 4.79 Å². The summed E-state index contributed by atoms with van der Waals surface area (Å²) < 4.78 is 0. The Hall–Kier alpha value is -0.610. The Kier molecular flexibility index (Phi) is 6.30. The number of amides is 1. The first-order chi connectivity index (χ1) is 9.77. The molecule has 0 spiro atoms. The number of hydrogen-bond acceptors (Lipinski definition) is 3. The quantitative estimate of drug-likeness (QED) is 0.781. The third kappa shape index (κ3) is 4.19. The zero-order valence-electron chi connectivity index (χ0n) is 13.0. The average Bonchev–Trinajstić information content (AvgIpc) is 2.52. The maximum Gasteiger partial charge on any atom is 0.234 e. The van der Waals surface area contributed by atoms with Crippen molar-refractivity contribution >= 4 is 5.91 Å². The smallest absolute Gasteiger partial charge is 0.234 e. The molecule has 0 atom stereocenters. The molecular formula is C16H31N3O. The second-order valence-corrected chi connectivity index (χ2v) is 6.39. The summed E-state index contributed by atoms with van der Waals surface area (Å²) in [5, 5.41) is 6.28. The van der Waals surface area contributed by atoms with Gasteiger partial charge in [-0.15, -0.1) is 0 Å². The number of likely N-dealkylation sites (N-methyl/N-ethyl adjacent to an activating group) is 1. The predicted octanol–water partition coefficient (Wildman–Crippen LogP) is 1.90. The van der Waals surface area contributed by atoms with Crippen molar-refractivity contribution in [3.8, 4) is 0 Å². The molecule has 1 amide bonds. The largest absolute Gasteiger partial charge is 0.353 e. The van der Waals surface area contributed by atoms with Crippen LogP contribution in [0.2, 0.25) is 0 Å². The Morgan fingerprint density at radius 2 is 1.70 bits per heavy atom. The first-order valence-corrected chi connectivity index (χ1v) is 8.49. The van der Waals surface area contributed by atoms with E-state index < -0.39 is 0 Å². The summed E-state index contributed by atoms with van der Waals surface area (Å²) >= 11 is 0. The normalized spacial score (nSPS) is 23.4. The van der Waals surface area contributed by atoms with Crippen LogP contribution in [0.4, 0.5) is 0 Å². The molecule has 2 N–H and O–H groups in total. The molecule has 0 radical (unpaired) electrons. The molecule has 1 aliphatic heterocycles. The highest BCUT2D eigenvalue weighted by Gasteiger charge is 2.38. The molecule has 0 bridgehead atoms. The van der Waals surface area contributed by atoms with Gasteiger partial charge in [-0.3, -0.25) is 9.69 Å². The van der Waals surface area contributed by atoms with Crippen molar-refractivity contribution in [2.45, 2.75) is 63.8 Å². The lowest BCUT2D eigenvalue weighted by atomic mass is 9.79. The second kappa shape index (κ2) is 7.99. The molecule has 2 aliphatic rings. The Balaban J connectivity index is 1.90. The molecule has 0 aromatic carbocycles. The molecule has 0 aromatic heterocycles. The van der Waals surface area contributed by atoms with Crippen molar-refractivity contribution in [2.24, 2.45) is 0 Å². The molecule has 4 heteroatoms. The third-order valence-electron chi connectivity index (χ3n) is 4.96. The molecule has 1 heterocycles. The van der Waals surface area contributed by atoms with Gasteiger partial charge in [0.2, 0.25) is 5.91 Å². The minimum absolute atomic E-state index is 0.147. The molecule has 1 aliphatic carbocycles. The Morgan fingerprint density at radius 1 is 1.05 bits per heavy atom. The number of carbonyl (C=O) groups excluding carboxylic acids is 1. The highest BCUT2D eigenvalue weighted by molar-refractivity contribution is 5.78. The van der Waals surface area contributed by atoms with Crippen molar-refractivity contribution in [3.63, 3.8) is 0 Å². The molecule has 1 saturated carbocycles. The van der Waals surface area contributed by atoms with Gasteiger partial charge in [0, 0.05) is 12.1 Å². The SMILES string of the molecule is CCNCC(=O)NCC1(N2CCCCC2)CCCCC1. The lowest BCUT2D eigenvalue weighted by Crippen LogP contribution is -2.58. The van der Waals surface area contributed by atoms with Gasteiger partial charge in [0.1, 0.15) is 0 Å². The van der Waals surface area contributed by atoms with Crippen molar-refractivity contribution in [1.82, 2.24) is 15.5 Å². The van der Waals surface area contributed by atoms with Crippen LogP contribution >= 0.6 is 0 Å². The molecule has 2 rings (SSSR count). The van der Waals surface area contributed by atoms with E-state index in [4.69, 9.17) is 0 Å². The topological polar surface area (TPSA) is 44.4 Å². The van der Waals surface area contributed by atoms with Gasteiger partial charge in [-0.1, -0.05) is 32.6 Å². The lowest BCUT2D eigenvalue weighted by Gasteiger charge is -2.48. The molecule has 0 unspecified atom stereocenters. The molecular weight excluding hydrogens is 250 g/mol. The molecule has 20 heavy (non-hydrogen) atoms. The van der Waals surface area contributed by atoms with Crippen molar-refractivity contribution < 1.29 is 4.79 Å². The van der Waals surface area contributed by atoms with Gasteiger partial charge in [0.25, 0.3) is 0 Å². The van der Waals surface area contributed by atoms with E-state index in [-0.39, 0.29) is 11.4 Å². The van der Waals surface area contributed by atoms with E-state index in [1.54, 1.807) is 0 Å². The van der Waals surface area contributed by atoms with Crippen molar-refractivity contribution in [2.75, 3.05) is 32.7 Å². The summed E-state index contributed by atoms with van der Waals surface area (Å²) in [5.41, 5.74) is 0.251. The fourth-order valence-electron chi connectivity index (χ4n) is 3.75. The predicted molar refractivity (Wildman–Crippen MR) is 82.8 cm³/mol. The number of hydrogen-bond donors (Lipinski definition) is 2. The Bertz CT molecular complexity index is 294. The van der Waals surface area contributed by atoms with Gasteiger partial charge >= 0.3 is 0 Å². The maximum absolute atomic E-state index is 11.9. The van der Waals surface area contributed by atoms with Crippen LogP contribution in [0.5, 0.6) is 0 Å². The minimum Gasteiger partial charge on any atom is -0.353 e. The standard InChI is InChI=1S/C16H31N3O/c1-2-17-13-15(20)18-14-16(9-5-3-6-10-16)19-11-7-4-8-12-19/h17H,2-14H2,1H3,(H,18,20). The Labute approximate surface area is 123 Å². The van der Waals surface area contributed by atoms with E-state index in [2.05, 4.69) is 15.5 Å². The van der Waals surface area contributed by atoms with Gasteiger partial charge in [-0.25, -0.2) is 0 Å². The number of piperidine rings is 1. The fraction of sp³-hybridized carbons (Fsp3) is 0.938. The van der Waals surface area contributed by atoms with Crippen LogP contribution in [-0.4, -0.2) is 49.1 Å². The zero-order valence-corrected chi connectivity index (χ0v) is 13.0. The number of likely N-dealkylation sites (tertiary alicyclic amines) is 1. The summed E-state index contributed by atoms with van der Waals surface area (Å²) in [7, 11) is 0.